The molecule has 16 heavy (non-hydrogen) atoms. The highest BCUT2D eigenvalue weighted by atomic mass is 32.1. The normalized spacial score (nSPS) is 10.4. The van der Waals surface area contributed by atoms with Crippen LogP contribution in [0.15, 0.2) is 17.5 Å². The first-order valence-electron chi connectivity index (χ1n) is 5.37. The summed E-state index contributed by atoms with van der Waals surface area (Å²) < 4.78 is 0. The molecule has 0 spiro atoms. The van der Waals surface area contributed by atoms with Crippen molar-refractivity contribution in [2.75, 3.05) is 27.2 Å². The molecule has 0 aliphatic heterocycles. The predicted octanol–water partition coefficient (Wildman–Crippen LogP) is 1.50. The van der Waals surface area contributed by atoms with E-state index in [1.807, 2.05) is 31.6 Å². The Kier molecular flexibility index (Phi) is 5.88. The molecule has 2 amide bonds. The molecular weight excluding hydrogens is 222 g/mol. The third-order valence-electron chi connectivity index (χ3n) is 2.07. The number of carbonyl (C=O) groups excluding carboxylic acids is 1. The third-order valence-corrected chi connectivity index (χ3v) is 2.95. The molecule has 0 atom stereocenters. The first kappa shape index (κ1) is 13.0. The Morgan fingerprint density at radius 2 is 2.25 bits per heavy atom. The largest absolute Gasteiger partial charge is 0.338 e. The van der Waals surface area contributed by atoms with Crippen molar-refractivity contribution in [2.24, 2.45) is 0 Å². The lowest BCUT2D eigenvalue weighted by Crippen LogP contribution is -2.36. The Hall–Kier alpha value is -1.07. The first-order valence-corrected chi connectivity index (χ1v) is 6.25. The van der Waals surface area contributed by atoms with Crippen molar-refractivity contribution in [1.29, 1.82) is 0 Å². The third kappa shape index (κ3) is 5.72. The minimum Gasteiger partial charge on any atom is -0.338 e. The fourth-order valence-electron chi connectivity index (χ4n) is 1.24. The minimum atomic E-state index is -0.0906. The molecule has 0 aromatic carbocycles. The molecule has 4 nitrogen and oxygen atoms in total. The van der Waals surface area contributed by atoms with Crippen LogP contribution in [-0.4, -0.2) is 38.1 Å². The SMILES string of the molecule is CN(C)CCCNC(=O)NCc1cccs1. The molecule has 90 valence electrons. The number of urea groups is 1. The van der Waals surface area contributed by atoms with Crippen molar-refractivity contribution in [3.8, 4) is 0 Å². The van der Waals surface area contributed by atoms with Gasteiger partial charge in [0.2, 0.25) is 0 Å². The van der Waals surface area contributed by atoms with Gasteiger partial charge in [-0.05, 0) is 38.5 Å². The highest BCUT2D eigenvalue weighted by Gasteiger charge is 2.00. The lowest BCUT2D eigenvalue weighted by Gasteiger charge is -2.10. The second kappa shape index (κ2) is 7.24. The van der Waals surface area contributed by atoms with Crippen molar-refractivity contribution >= 4 is 17.4 Å². The molecule has 2 N–H and O–H groups in total. The monoisotopic (exact) mass is 241 g/mol. The van der Waals surface area contributed by atoms with E-state index >= 15 is 0 Å². The lowest BCUT2D eigenvalue weighted by atomic mass is 10.4. The fraction of sp³-hybridized carbons (Fsp3) is 0.545. The molecule has 0 aliphatic carbocycles. The number of nitrogens with zero attached hydrogens (tertiary/aromatic N) is 1. The van der Waals surface area contributed by atoms with Gasteiger partial charge in [0.1, 0.15) is 0 Å². The van der Waals surface area contributed by atoms with Gasteiger partial charge < -0.3 is 15.5 Å². The van der Waals surface area contributed by atoms with Gasteiger partial charge in [0.05, 0.1) is 6.54 Å². The zero-order chi connectivity index (χ0) is 11.8. The molecule has 1 heterocycles. The van der Waals surface area contributed by atoms with Crippen LogP contribution in [0.4, 0.5) is 4.79 Å². The van der Waals surface area contributed by atoms with Crippen LogP contribution < -0.4 is 10.6 Å². The van der Waals surface area contributed by atoms with E-state index in [1.54, 1.807) is 11.3 Å². The van der Waals surface area contributed by atoms with Crippen LogP contribution in [0.25, 0.3) is 0 Å². The van der Waals surface area contributed by atoms with E-state index in [9.17, 15) is 4.79 Å². The maximum absolute atomic E-state index is 11.4. The Balaban J connectivity index is 2.03. The van der Waals surface area contributed by atoms with Gasteiger partial charge in [0.15, 0.2) is 0 Å². The van der Waals surface area contributed by atoms with Gasteiger partial charge in [-0.25, -0.2) is 4.79 Å². The smallest absolute Gasteiger partial charge is 0.315 e. The van der Waals surface area contributed by atoms with Gasteiger partial charge in [-0.1, -0.05) is 6.07 Å². The summed E-state index contributed by atoms with van der Waals surface area (Å²) in [6.45, 7) is 2.32. The highest BCUT2D eigenvalue weighted by Crippen LogP contribution is 2.06. The predicted molar refractivity (Wildman–Crippen MR) is 67.7 cm³/mol. The van der Waals surface area contributed by atoms with Gasteiger partial charge in [-0.3, -0.25) is 0 Å². The number of rotatable bonds is 6. The summed E-state index contributed by atoms with van der Waals surface area (Å²) in [6, 6.07) is 3.90. The van der Waals surface area contributed by atoms with Crippen LogP contribution in [0, 0.1) is 0 Å². The topological polar surface area (TPSA) is 44.4 Å². The van der Waals surface area contributed by atoms with Crippen LogP contribution in [0.2, 0.25) is 0 Å². The average molecular weight is 241 g/mol. The minimum absolute atomic E-state index is 0.0906. The Morgan fingerprint density at radius 3 is 2.88 bits per heavy atom. The summed E-state index contributed by atoms with van der Waals surface area (Å²) in [7, 11) is 4.05. The second-order valence-corrected chi connectivity index (χ2v) is 4.88. The summed E-state index contributed by atoms with van der Waals surface area (Å²) in [6.07, 6.45) is 0.972. The molecule has 1 aromatic rings. The van der Waals surface area contributed by atoms with Gasteiger partial charge >= 0.3 is 6.03 Å². The lowest BCUT2D eigenvalue weighted by molar-refractivity contribution is 0.240. The summed E-state index contributed by atoms with van der Waals surface area (Å²) in [5.41, 5.74) is 0. The van der Waals surface area contributed by atoms with Gasteiger partial charge in [0, 0.05) is 11.4 Å². The number of hydrogen-bond acceptors (Lipinski definition) is 3. The molecule has 0 radical (unpaired) electrons. The van der Waals surface area contributed by atoms with E-state index in [-0.39, 0.29) is 6.03 Å². The maximum Gasteiger partial charge on any atom is 0.315 e. The van der Waals surface area contributed by atoms with Crippen molar-refractivity contribution in [3.05, 3.63) is 22.4 Å². The molecular formula is C11H19N3OS. The molecule has 5 heteroatoms. The van der Waals surface area contributed by atoms with Crippen LogP contribution in [-0.2, 0) is 6.54 Å². The highest BCUT2D eigenvalue weighted by molar-refractivity contribution is 7.09. The van der Waals surface area contributed by atoms with Crippen molar-refractivity contribution in [2.45, 2.75) is 13.0 Å². The number of carbonyl (C=O) groups is 1. The van der Waals surface area contributed by atoms with Crippen molar-refractivity contribution in [1.82, 2.24) is 15.5 Å². The van der Waals surface area contributed by atoms with Crippen molar-refractivity contribution < 1.29 is 4.79 Å². The molecule has 0 saturated carbocycles. The number of nitrogens with one attached hydrogen (secondary N) is 2. The summed E-state index contributed by atoms with van der Waals surface area (Å²) in [5, 5.41) is 7.65. The van der Waals surface area contributed by atoms with E-state index in [4.69, 9.17) is 0 Å². The maximum atomic E-state index is 11.4. The number of hydrogen-bond donors (Lipinski definition) is 2. The molecule has 0 fully saturated rings. The van der Waals surface area contributed by atoms with Crippen LogP contribution >= 0.6 is 11.3 Å². The van der Waals surface area contributed by atoms with E-state index in [2.05, 4.69) is 15.5 Å². The molecule has 0 aliphatic rings. The molecule has 0 unspecified atom stereocenters. The van der Waals surface area contributed by atoms with Gasteiger partial charge in [-0.15, -0.1) is 11.3 Å². The summed E-state index contributed by atoms with van der Waals surface area (Å²) >= 11 is 1.65. The van der Waals surface area contributed by atoms with Crippen LogP contribution in [0.5, 0.6) is 0 Å². The first-order chi connectivity index (χ1) is 7.68. The quantitative estimate of drug-likeness (QED) is 0.741. The fourth-order valence-corrected chi connectivity index (χ4v) is 1.88. The number of thiophene rings is 1. The number of amides is 2. The second-order valence-electron chi connectivity index (χ2n) is 3.85. The Bertz CT molecular complexity index is 298. The molecule has 1 aromatic heterocycles. The standard InChI is InChI=1S/C11H19N3OS/c1-14(2)7-4-6-12-11(15)13-9-10-5-3-8-16-10/h3,5,8H,4,6-7,9H2,1-2H3,(H2,12,13,15). The molecule has 0 bridgehead atoms. The molecule has 1 rings (SSSR count). The summed E-state index contributed by atoms with van der Waals surface area (Å²) in [4.78, 5) is 14.6. The van der Waals surface area contributed by atoms with E-state index in [1.165, 1.54) is 4.88 Å². The Morgan fingerprint density at radius 1 is 1.44 bits per heavy atom. The van der Waals surface area contributed by atoms with E-state index in [0.29, 0.717) is 13.1 Å². The van der Waals surface area contributed by atoms with E-state index in [0.717, 1.165) is 13.0 Å². The van der Waals surface area contributed by atoms with E-state index < -0.39 is 0 Å². The van der Waals surface area contributed by atoms with Crippen LogP contribution in [0.1, 0.15) is 11.3 Å². The molecule has 0 saturated heterocycles. The van der Waals surface area contributed by atoms with Crippen LogP contribution in [0.3, 0.4) is 0 Å². The van der Waals surface area contributed by atoms with Gasteiger partial charge in [-0.2, -0.15) is 0 Å². The van der Waals surface area contributed by atoms with Gasteiger partial charge in [0.25, 0.3) is 0 Å². The average Bonchev–Trinajstić information content (AvgIpc) is 2.74. The zero-order valence-electron chi connectivity index (χ0n) is 9.82. The Labute approximate surface area is 101 Å². The summed E-state index contributed by atoms with van der Waals surface area (Å²) in [5.74, 6) is 0. The van der Waals surface area contributed by atoms with Crippen molar-refractivity contribution in [3.63, 3.8) is 0 Å². The zero-order valence-corrected chi connectivity index (χ0v) is 10.6.